The Morgan fingerprint density at radius 3 is 2.67 bits per heavy atom. The zero-order valence-corrected chi connectivity index (χ0v) is 12.7. The van der Waals surface area contributed by atoms with Crippen LogP contribution in [0.15, 0.2) is 18.5 Å². The van der Waals surface area contributed by atoms with E-state index in [2.05, 4.69) is 17.2 Å². The van der Waals surface area contributed by atoms with Crippen molar-refractivity contribution < 1.29 is 14.7 Å². The third-order valence-electron chi connectivity index (χ3n) is 4.31. The van der Waals surface area contributed by atoms with Crippen molar-refractivity contribution in [1.82, 2.24) is 10.3 Å². The van der Waals surface area contributed by atoms with Crippen molar-refractivity contribution in [2.45, 2.75) is 44.6 Å². The molecule has 0 atom stereocenters. The first-order chi connectivity index (χ1) is 9.98. The van der Waals surface area contributed by atoms with Gasteiger partial charge in [-0.3, -0.25) is 9.78 Å². The first kappa shape index (κ1) is 15.8. The molecule has 0 aliphatic heterocycles. The molecule has 2 N–H and O–H groups in total. The van der Waals surface area contributed by atoms with E-state index >= 15 is 0 Å². The highest BCUT2D eigenvalue weighted by Gasteiger charge is 2.43. The van der Waals surface area contributed by atoms with E-state index in [9.17, 15) is 14.7 Å². The van der Waals surface area contributed by atoms with Gasteiger partial charge in [-0.2, -0.15) is 0 Å². The lowest BCUT2D eigenvalue weighted by Crippen LogP contribution is -2.56. The summed E-state index contributed by atoms with van der Waals surface area (Å²) >= 11 is 5.96. The Morgan fingerprint density at radius 1 is 1.48 bits per heavy atom. The first-order valence-electron chi connectivity index (χ1n) is 7.14. The van der Waals surface area contributed by atoms with Gasteiger partial charge in [-0.05, 0) is 37.7 Å². The van der Waals surface area contributed by atoms with Crippen LogP contribution in [-0.4, -0.2) is 27.5 Å². The molecular weight excluding hydrogens is 292 g/mol. The molecule has 1 amide bonds. The molecule has 0 bridgehead atoms. The third kappa shape index (κ3) is 3.35. The van der Waals surface area contributed by atoms with Gasteiger partial charge in [0.2, 0.25) is 0 Å². The third-order valence-corrected chi connectivity index (χ3v) is 4.64. The molecule has 1 heterocycles. The van der Waals surface area contributed by atoms with Crippen LogP contribution < -0.4 is 5.32 Å². The maximum Gasteiger partial charge on any atom is 0.329 e. The average Bonchev–Trinajstić information content (AvgIpc) is 2.48. The monoisotopic (exact) mass is 310 g/mol. The molecule has 0 aromatic carbocycles. The van der Waals surface area contributed by atoms with Crippen LogP contribution in [0.25, 0.3) is 0 Å². The molecule has 6 heteroatoms. The lowest BCUT2D eigenvalue weighted by atomic mass is 9.75. The van der Waals surface area contributed by atoms with Crippen LogP contribution >= 0.6 is 11.6 Å². The molecule has 1 saturated carbocycles. The van der Waals surface area contributed by atoms with Crippen LogP contribution in [0.5, 0.6) is 0 Å². The Hall–Kier alpha value is -1.62. The molecule has 5 nitrogen and oxygen atoms in total. The van der Waals surface area contributed by atoms with E-state index in [4.69, 9.17) is 11.6 Å². The topological polar surface area (TPSA) is 79.3 Å². The zero-order chi connectivity index (χ0) is 15.5. The Labute approximate surface area is 128 Å². The van der Waals surface area contributed by atoms with Crippen molar-refractivity contribution >= 4 is 23.5 Å². The summed E-state index contributed by atoms with van der Waals surface area (Å²) in [5, 5.41) is 12.5. The van der Waals surface area contributed by atoms with E-state index in [-0.39, 0.29) is 10.6 Å². The Kier molecular flexibility index (Phi) is 4.83. The number of amides is 1. The molecule has 114 valence electrons. The fourth-order valence-corrected chi connectivity index (χ4v) is 2.99. The lowest BCUT2D eigenvalue weighted by Gasteiger charge is -2.37. The number of carboxylic acid groups (broad SMARTS) is 1. The van der Waals surface area contributed by atoms with E-state index in [1.807, 2.05) is 0 Å². The number of hydrogen-bond donors (Lipinski definition) is 2. The summed E-state index contributed by atoms with van der Waals surface area (Å²) in [4.78, 5) is 27.8. The van der Waals surface area contributed by atoms with Gasteiger partial charge in [0.05, 0.1) is 10.6 Å². The molecule has 1 aromatic heterocycles. The molecule has 2 rings (SSSR count). The highest BCUT2D eigenvalue weighted by Crippen LogP contribution is 2.34. The number of halogens is 1. The van der Waals surface area contributed by atoms with Gasteiger partial charge in [0.1, 0.15) is 5.54 Å². The molecule has 0 radical (unpaired) electrons. The minimum atomic E-state index is -1.19. The molecular formula is C15H19ClN2O3. The smallest absolute Gasteiger partial charge is 0.329 e. The number of carbonyl (C=O) groups excluding carboxylic acids is 1. The molecule has 21 heavy (non-hydrogen) atoms. The second-order valence-electron chi connectivity index (χ2n) is 5.55. The SMILES string of the molecule is CCC1CCC(NC(=O)c2cnccc2Cl)(C(=O)O)CC1. The molecule has 1 aliphatic carbocycles. The van der Waals surface area contributed by atoms with Crippen molar-refractivity contribution in [1.29, 1.82) is 0 Å². The van der Waals surface area contributed by atoms with Crippen molar-refractivity contribution in [3.8, 4) is 0 Å². The van der Waals surface area contributed by atoms with Gasteiger partial charge >= 0.3 is 5.97 Å². The summed E-state index contributed by atoms with van der Waals surface area (Å²) in [6.07, 6.45) is 6.39. The number of pyridine rings is 1. The van der Waals surface area contributed by atoms with Crippen molar-refractivity contribution in [2.24, 2.45) is 5.92 Å². The summed E-state index contributed by atoms with van der Waals surface area (Å²) in [7, 11) is 0. The predicted octanol–water partition coefficient (Wildman–Crippen LogP) is 2.89. The molecule has 0 spiro atoms. The van der Waals surface area contributed by atoms with Crippen LogP contribution in [0, 0.1) is 5.92 Å². The van der Waals surface area contributed by atoms with Gasteiger partial charge in [-0.15, -0.1) is 0 Å². The Bertz CT molecular complexity index is 539. The number of nitrogens with zero attached hydrogens (tertiary/aromatic N) is 1. The molecule has 0 unspecified atom stereocenters. The zero-order valence-electron chi connectivity index (χ0n) is 11.9. The minimum Gasteiger partial charge on any atom is -0.480 e. The number of hydrogen-bond acceptors (Lipinski definition) is 3. The van der Waals surface area contributed by atoms with Crippen LogP contribution in [0.4, 0.5) is 0 Å². The molecule has 1 aromatic rings. The highest BCUT2D eigenvalue weighted by atomic mass is 35.5. The van der Waals surface area contributed by atoms with E-state index in [1.54, 1.807) is 0 Å². The van der Waals surface area contributed by atoms with Gasteiger partial charge in [0.15, 0.2) is 0 Å². The maximum absolute atomic E-state index is 12.3. The Morgan fingerprint density at radius 2 is 2.14 bits per heavy atom. The van der Waals surface area contributed by atoms with Gasteiger partial charge in [-0.1, -0.05) is 24.9 Å². The highest BCUT2D eigenvalue weighted by molar-refractivity contribution is 6.33. The fraction of sp³-hybridized carbons (Fsp3) is 0.533. The van der Waals surface area contributed by atoms with E-state index < -0.39 is 17.4 Å². The first-order valence-corrected chi connectivity index (χ1v) is 7.51. The molecule has 1 fully saturated rings. The number of nitrogens with one attached hydrogen (secondary N) is 1. The van der Waals surface area contributed by atoms with Crippen molar-refractivity contribution in [3.63, 3.8) is 0 Å². The number of carbonyl (C=O) groups is 2. The normalized spacial score (nSPS) is 25.3. The predicted molar refractivity (Wildman–Crippen MR) is 79.3 cm³/mol. The number of aliphatic carboxylic acids is 1. The van der Waals surface area contributed by atoms with Crippen LogP contribution in [-0.2, 0) is 4.79 Å². The van der Waals surface area contributed by atoms with Gasteiger partial charge in [-0.25, -0.2) is 4.79 Å². The number of aromatic nitrogens is 1. The number of carboxylic acids is 1. The second kappa shape index (κ2) is 6.43. The summed E-state index contributed by atoms with van der Waals surface area (Å²) in [5.74, 6) is -0.924. The van der Waals surface area contributed by atoms with E-state index in [0.29, 0.717) is 18.8 Å². The van der Waals surface area contributed by atoms with Crippen molar-refractivity contribution in [2.75, 3.05) is 0 Å². The lowest BCUT2D eigenvalue weighted by molar-refractivity contribution is -0.146. The van der Waals surface area contributed by atoms with Crippen LogP contribution in [0.3, 0.4) is 0 Å². The molecule has 1 aliphatic rings. The van der Waals surface area contributed by atoms with Crippen molar-refractivity contribution in [3.05, 3.63) is 29.0 Å². The quantitative estimate of drug-likeness (QED) is 0.896. The average molecular weight is 311 g/mol. The van der Waals surface area contributed by atoms with E-state index in [0.717, 1.165) is 19.3 Å². The van der Waals surface area contributed by atoms with E-state index in [1.165, 1.54) is 18.5 Å². The minimum absolute atomic E-state index is 0.206. The second-order valence-corrected chi connectivity index (χ2v) is 5.96. The summed E-state index contributed by atoms with van der Waals surface area (Å²) in [6.45, 7) is 2.10. The summed E-state index contributed by atoms with van der Waals surface area (Å²) in [5.41, 5.74) is -0.987. The Balaban J connectivity index is 2.16. The maximum atomic E-state index is 12.3. The van der Waals surface area contributed by atoms with Crippen LogP contribution in [0.2, 0.25) is 5.02 Å². The summed E-state index contributed by atoms with van der Waals surface area (Å²) < 4.78 is 0. The van der Waals surface area contributed by atoms with Gasteiger partial charge in [0, 0.05) is 12.4 Å². The van der Waals surface area contributed by atoms with Gasteiger partial charge < -0.3 is 10.4 Å². The van der Waals surface area contributed by atoms with Gasteiger partial charge in [0.25, 0.3) is 5.91 Å². The van der Waals surface area contributed by atoms with Crippen LogP contribution in [0.1, 0.15) is 49.4 Å². The molecule has 0 saturated heterocycles. The summed E-state index contributed by atoms with van der Waals surface area (Å²) in [6, 6.07) is 1.51. The number of rotatable bonds is 4. The standard InChI is InChI=1S/C15H19ClN2O3/c1-2-10-3-6-15(7-4-10,14(20)21)18-13(19)11-9-17-8-5-12(11)16/h5,8-10H,2-4,6-7H2,1H3,(H,18,19)(H,20,21). The fourth-order valence-electron chi connectivity index (χ4n) is 2.80. The largest absolute Gasteiger partial charge is 0.480 e.